The Bertz CT molecular complexity index is 680. The van der Waals surface area contributed by atoms with E-state index in [0.717, 1.165) is 16.9 Å². The minimum Gasteiger partial charge on any atom is -0.497 e. The van der Waals surface area contributed by atoms with Crippen LogP contribution in [0.3, 0.4) is 0 Å². The molecule has 0 spiro atoms. The van der Waals surface area contributed by atoms with Crippen LogP contribution in [0.5, 0.6) is 11.5 Å². The Morgan fingerprint density at radius 1 is 1.09 bits per heavy atom. The average molecular weight is 311 g/mol. The van der Waals surface area contributed by atoms with E-state index in [2.05, 4.69) is 5.32 Å². The number of carbonyl (C=O) groups is 1. The van der Waals surface area contributed by atoms with Crippen molar-refractivity contribution < 1.29 is 14.3 Å². The fourth-order valence-corrected chi connectivity index (χ4v) is 2.25. The molecule has 1 amide bonds. The fourth-order valence-electron chi connectivity index (χ4n) is 2.25. The number of carbonyl (C=O) groups excluding carboxylic acids is 1. The summed E-state index contributed by atoms with van der Waals surface area (Å²) in [7, 11) is 3.21. The number of hydrogen-bond acceptors (Lipinski definition) is 3. The van der Waals surface area contributed by atoms with Crippen molar-refractivity contribution in [1.82, 2.24) is 5.32 Å². The van der Waals surface area contributed by atoms with Crippen LogP contribution in [-0.2, 0) is 4.79 Å². The Kier molecular flexibility index (Phi) is 5.80. The van der Waals surface area contributed by atoms with Gasteiger partial charge in [-0.25, -0.2) is 0 Å². The molecule has 2 rings (SSSR count). The molecule has 0 aliphatic carbocycles. The van der Waals surface area contributed by atoms with E-state index in [1.54, 1.807) is 20.3 Å². The fraction of sp³-hybridized carbons (Fsp3) is 0.211. The van der Waals surface area contributed by atoms with Gasteiger partial charge in [-0.15, -0.1) is 0 Å². The number of amides is 1. The lowest BCUT2D eigenvalue weighted by molar-refractivity contribution is -0.117. The Hall–Kier alpha value is -2.75. The lowest BCUT2D eigenvalue weighted by atomic mass is 10.1. The summed E-state index contributed by atoms with van der Waals surface area (Å²) in [5.74, 6) is 1.28. The van der Waals surface area contributed by atoms with E-state index in [9.17, 15) is 4.79 Å². The van der Waals surface area contributed by atoms with E-state index in [-0.39, 0.29) is 11.9 Å². The van der Waals surface area contributed by atoms with Crippen LogP contribution in [0.4, 0.5) is 0 Å². The summed E-state index contributed by atoms with van der Waals surface area (Å²) in [6.07, 6.45) is 3.31. The number of benzene rings is 2. The van der Waals surface area contributed by atoms with E-state index in [1.165, 1.54) is 6.08 Å². The minimum absolute atomic E-state index is 0.161. The highest BCUT2D eigenvalue weighted by Gasteiger charge is 2.14. The van der Waals surface area contributed by atoms with Gasteiger partial charge in [-0.05, 0) is 36.8 Å². The largest absolute Gasteiger partial charge is 0.497 e. The lowest BCUT2D eigenvalue weighted by Gasteiger charge is -2.17. The summed E-state index contributed by atoms with van der Waals surface area (Å²) in [6, 6.07) is 15.0. The smallest absolute Gasteiger partial charge is 0.244 e. The molecule has 2 aromatic carbocycles. The van der Waals surface area contributed by atoms with Crippen molar-refractivity contribution in [3.05, 3.63) is 65.7 Å². The third-order valence-corrected chi connectivity index (χ3v) is 3.49. The summed E-state index contributed by atoms with van der Waals surface area (Å²) in [5, 5.41) is 2.93. The molecule has 0 radical (unpaired) electrons. The predicted molar refractivity (Wildman–Crippen MR) is 91.6 cm³/mol. The molecule has 4 heteroatoms. The average Bonchev–Trinajstić information content (AvgIpc) is 2.60. The van der Waals surface area contributed by atoms with Gasteiger partial charge in [0.1, 0.15) is 11.5 Å². The van der Waals surface area contributed by atoms with Gasteiger partial charge >= 0.3 is 0 Å². The summed E-state index contributed by atoms with van der Waals surface area (Å²) < 4.78 is 10.6. The molecule has 1 N–H and O–H groups in total. The Morgan fingerprint density at radius 2 is 1.83 bits per heavy atom. The molecule has 4 nitrogen and oxygen atoms in total. The van der Waals surface area contributed by atoms with E-state index >= 15 is 0 Å². The number of hydrogen-bond donors (Lipinski definition) is 1. The molecule has 0 saturated heterocycles. The zero-order valence-corrected chi connectivity index (χ0v) is 13.6. The second-order valence-electron chi connectivity index (χ2n) is 5.08. The third kappa shape index (κ3) is 4.61. The van der Waals surface area contributed by atoms with Crippen LogP contribution >= 0.6 is 0 Å². The van der Waals surface area contributed by atoms with Crippen LogP contribution in [-0.4, -0.2) is 20.1 Å². The normalized spacial score (nSPS) is 12.0. The van der Waals surface area contributed by atoms with Crippen LogP contribution in [0, 0.1) is 0 Å². The highest BCUT2D eigenvalue weighted by molar-refractivity contribution is 5.92. The maximum Gasteiger partial charge on any atom is 0.244 e. The summed E-state index contributed by atoms with van der Waals surface area (Å²) in [6.45, 7) is 1.91. The number of methoxy groups -OCH3 is 2. The zero-order chi connectivity index (χ0) is 16.7. The van der Waals surface area contributed by atoms with Crippen molar-refractivity contribution >= 4 is 12.0 Å². The topological polar surface area (TPSA) is 47.6 Å². The van der Waals surface area contributed by atoms with Gasteiger partial charge in [-0.1, -0.05) is 30.3 Å². The summed E-state index contributed by atoms with van der Waals surface area (Å²) >= 11 is 0. The molecule has 23 heavy (non-hydrogen) atoms. The molecule has 0 saturated carbocycles. The van der Waals surface area contributed by atoms with Gasteiger partial charge < -0.3 is 14.8 Å². The minimum atomic E-state index is -0.201. The third-order valence-electron chi connectivity index (χ3n) is 3.49. The van der Waals surface area contributed by atoms with Gasteiger partial charge in [0.25, 0.3) is 0 Å². The van der Waals surface area contributed by atoms with Crippen LogP contribution in [0.15, 0.2) is 54.6 Å². The van der Waals surface area contributed by atoms with Crippen molar-refractivity contribution in [3.63, 3.8) is 0 Å². The zero-order valence-electron chi connectivity index (χ0n) is 13.6. The van der Waals surface area contributed by atoms with Crippen molar-refractivity contribution in [2.24, 2.45) is 0 Å². The first-order valence-electron chi connectivity index (χ1n) is 7.39. The molecule has 0 fully saturated rings. The van der Waals surface area contributed by atoms with Crippen molar-refractivity contribution in [2.45, 2.75) is 13.0 Å². The van der Waals surface area contributed by atoms with Crippen LogP contribution in [0.2, 0.25) is 0 Å². The molecular formula is C19H21NO3. The van der Waals surface area contributed by atoms with Crippen molar-refractivity contribution in [1.29, 1.82) is 0 Å². The molecular weight excluding hydrogens is 290 g/mol. The van der Waals surface area contributed by atoms with Gasteiger partial charge in [0, 0.05) is 11.6 Å². The molecule has 0 heterocycles. The Labute approximate surface area is 136 Å². The van der Waals surface area contributed by atoms with Gasteiger partial charge in [-0.3, -0.25) is 4.79 Å². The molecule has 1 unspecified atom stereocenters. The van der Waals surface area contributed by atoms with Crippen molar-refractivity contribution in [2.75, 3.05) is 14.2 Å². The Balaban J connectivity index is 2.07. The first-order valence-corrected chi connectivity index (χ1v) is 7.39. The molecule has 2 aromatic rings. The predicted octanol–water partition coefficient (Wildman–Crippen LogP) is 3.59. The van der Waals surface area contributed by atoms with E-state index in [4.69, 9.17) is 9.47 Å². The number of ether oxygens (including phenoxy) is 2. The first kappa shape index (κ1) is 16.6. The van der Waals surface area contributed by atoms with Crippen LogP contribution in [0.1, 0.15) is 24.1 Å². The quantitative estimate of drug-likeness (QED) is 0.829. The van der Waals surface area contributed by atoms with Crippen LogP contribution < -0.4 is 14.8 Å². The highest BCUT2D eigenvalue weighted by atomic mass is 16.5. The van der Waals surface area contributed by atoms with Gasteiger partial charge in [0.2, 0.25) is 5.91 Å². The SMILES string of the molecule is COc1ccc(OC)c(C(C)NC(=O)/C=C/c2ccccc2)c1. The second-order valence-corrected chi connectivity index (χ2v) is 5.08. The van der Waals surface area contributed by atoms with Crippen LogP contribution in [0.25, 0.3) is 6.08 Å². The van der Waals surface area contributed by atoms with E-state index in [0.29, 0.717) is 5.75 Å². The molecule has 120 valence electrons. The lowest BCUT2D eigenvalue weighted by Crippen LogP contribution is -2.25. The molecule has 0 aliphatic rings. The highest BCUT2D eigenvalue weighted by Crippen LogP contribution is 2.29. The monoisotopic (exact) mass is 311 g/mol. The van der Waals surface area contributed by atoms with E-state index in [1.807, 2.05) is 55.5 Å². The molecule has 1 atom stereocenters. The summed E-state index contributed by atoms with van der Waals surface area (Å²) in [5.41, 5.74) is 1.85. The molecule has 0 aromatic heterocycles. The van der Waals surface area contributed by atoms with Crippen molar-refractivity contribution in [3.8, 4) is 11.5 Å². The number of rotatable bonds is 6. The molecule has 0 bridgehead atoms. The second kappa shape index (κ2) is 8.03. The number of nitrogens with one attached hydrogen (secondary N) is 1. The summed E-state index contributed by atoms with van der Waals surface area (Å²) in [4.78, 5) is 12.1. The maximum atomic E-state index is 12.1. The van der Waals surface area contributed by atoms with Gasteiger partial charge in [0.15, 0.2) is 0 Å². The first-order chi connectivity index (χ1) is 11.1. The standard InChI is InChI=1S/C19H21NO3/c1-14(17-13-16(22-2)10-11-18(17)23-3)20-19(21)12-9-15-7-5-4-6-8-15/h4-14H,1-3H3,(H,20,21)/b12-9+. The van der Waals surface area contributed by atoms with Gasteiger partial charge in [-0.2, -0.15) is 0 Å². The van der Waals surface area contributed by atoms with E-state index < -0.39 is 0 Å². The molecule has 0 aliphatic heterocycles. The maximum absolute atomic E-state index is 12.1. The Morgan fingerprint density at radius 3 is 2.48 bits per heavy atom. The van der Waals surface area contributed by atoms with Gasteiger partial charge in [0.05, 0.1) is 20.3 Å².